The molecule has 0 aliphatic heterocycles. The molecular formula is C21H19F3N2O2. The fourth-order valence-corrected chi connectivity index (χ4v) is 2.72. The second-order valence-electron chi connectivity index (χ2n) is 6.36. The van der Waals surface area contributed by atoms with E-state index in [1.807, 2.05) is 30.3 Å². The number of aromatic nitrogens is 1. The maximum Gasteiger partial charge on any atom is 0.416 e. The van der Waals surface area contributed by atoms with Gasteiger partial charge in [0.1, 0.15) is 5.76 Å². The summed E-state index contributed by atoms with van der Waals surface area (Å²) in [7, 11) is 0. The summed E-state index contributed by atoms with van der Waals surface area (Å²) in [5, 5.41) is 2.76. The average molecular weight is 388 g/mol. The van der Waals surface area contributed by atoms with E-state index in [1.165, 1.54) is 12.1 Å². The van der Waals surface area contributed by atoms with Crippen LogP contribution in [0.2, 0.25) is 0 Å². The SMILES string of the molecule is Cc1oc(-c2ccccc2)nc1CC(=O)NCCc1ccc(C(F)(F)F)cc1. The Balaban J connectivity index is 1.52. The van der Waals surface area contributed by atoms with Gasteiger partial charge < -0.3 is 9.73 Å². The summed E-state index contributed by atoms with van der Waals surface area (Å²) in [4.78, 5) is 16.5. The van der Waals surface area contributed by atoms with Crippen molar-refractivity contribution in [3.05, 3.63) is 77.2 Å². The van der Waals surface area contributed by atoms with Crippen LogP contribution >= 0.6 is 0 Å². The minimum Gasteiger partial charge on any atom is -0.441 e. The molecule has 1 heterocycles. The van der Waals surface area contributed by atoms with Gasteiger partial charge in [-0.05, 0) is 43.2 Å². The van der Waals surface area contributed by atoms with Crippen LogP contribution in [0.1, 0.15) is 22.6 Å². The van der Waals surface area contributed by atoms with Gasteiger partial charge in [-0.3, -0.25) is 4.79 Å². The number of nitrogens with one attached hydrogen (secondary N) is 1. The second-order valence-corrected chi connectivity index (χ2v) is 6.36. The second kappa shape index (κ2) is 8.29. The van der Waals surface area contributed by atoms with Crippen molar-refractivity contribution in [1.82, 2.24) is 10.3 Å². The Kier molecular flexibility index (Phi) is 5.82. The van der Waals surface area contributed by atoms with Gasteiger partial charge in [0.05, 0.1) is 17.7 Å². The molecule has 146 valence electrons. The van der Waals surface area contributed by atoms with Gasteiger partial charge in [-0.15, -0.1) is 0 Å². The van der Waals surface area contributed by atoms with Crippen LogP contribution in [0.3, 0.4) is 0 Å². The lowest BCUT2D eigenvalue weighted by molar-refractivity contribution is -0.137. The lowest BCUT2D eigenvalue weighted by Crippen LogP contribution is -2.27. The third-order valence-electron chi connectivity index (χ3n) is 4.26. The first-order chi connectivity index (χ1) is 13.3. The lowest BCUT2D eigenvalue weighted by Gasteiger charge is -2.08. The van der Waals surface area contributed by atoms with Gasteiger partial charge in [0, 0.05) is 12.1 Å². The minimum atomic E-state index is -4.35. The number of rotatable bonds is 6. The van der Waals surface area contributed by atoms with Crippen LogP contribution in [0.4, 0.5) is 13.2 Å². The lowest BCUT2D eigenvalue weighted by atomic mass is 10.1. The Hall–Kier alpha value is -3.09. The van der Waals surface area contributed by atoms with Crippen molar-refractivity contribution in [2.24, 2.45) is 0 Å². The van der Waals surface area contributed by atoms with Crippen LogP contribution in [0, 0.1) is 6.92 Å². The summed E-state index contributed by atoms with van der Waals surface area (Å²) < 4.78 is 43.3. The molecule has 0 bridgehead atoms. The van der Waals surface area contributed by atoms with E-state index in [2.05, 4.69) is 10.3 Å². The molecule has 1 amide bonds. The first-order valence-electron chi connectivity index (χ1n) is 8.77. The van der Waals surface area contributed by atoms with Gasteiger partial charge >= 0.3 is 6.18 Å². The fourth-order valence-electron chi connectivity index (χ4n) is 2.72. The number of alkyl halides is 3. The smallest absolute Gasteiger partial charge is 0.416 e. The number of hydrogen-bond donors (Lipinski definition) is 1. The molecule has 0 spiro atoms. The van der Waals surface area contributed by atoms with E-state index in [1.54, 1.807) is 6.92 Å². The molecule has 0 saturated carbocycles. The maximum atomic E-state index is 12.6. The first kappa shape index (κ1) is 19.7. The number of oxazole rings is 1. The summed E-state index contributed by atoms with van der Waals surface area (Å²) in [6.45, 7) is 2.08. The van der Waals surface area contributed by atoms with E-state index in [0.29, 0.717) is 30.3 Å². The van der Waals surface area contributed by atoms with Gasteiger partial charge in [0.25, 0.3) is 0 Å². The van der Waals surface area contributed by atoms with E-state index in [0.717, 1.165) is 23.3 Å². The summed E-state index contributed by atoms with van der Waals surface area (Å²) >= 11 is 0. The van der Waals surface area contributed by atoms with Crippen molar-refractivity contribution in [1.29, 1.82) is 0 Å². The monoisotopic (exact) mass is 388 g/mol. The van der Waals surface area contributed by atoms with Crippen LogP contribution in [-0.2, 0) is 23.8 Å². The topological polar surface area (TPSA) is 55.1 Å². The summed E-state index contributed by atoms with van der Waals surface area (Å²) in [5.74, 6) is 0.824. The molecule has 3 aromatic rings. The molecule has 1 aromatic heterocycles. The summed E-state index contributed by atoms with van der Waals surface area (Å²) in [6.07, 6.45) is -3.83. The minimum absolute atomic E-state index is 0.0786. The zero-order valence-corrected chi connectivity index (χ0v) is 15.2. The molecule has 4 nitrogen and oxygen atoms in total. The van der Waals surface area contributed by atoms with Gasteiger partial charge in [-0.1, -0.05) is 30.3 Å². The van der Waals surface area contributed by atoms with E-state index in [4.69, 9.17) is 4.42 Å². The van der Waals surface area contributed by atoms with Gasteiger partial charge in [0.2, 0.25) is 11.8 Å². The Morgan fingerprint density at radius 1 is 1.07 bits per heavy atom. The fraction of sp³-hybridized carbons (Fsp3) is 0.238. The third kappa shape index (κ3) is 5.00. The molecule has 0 atom stereocenters. The molecule has 2 aromatic carbocycles. The van der Waals surface area contributed by atoms with Crippen molar-refractivity contribution < 1.29 is 22.4 Å². The molecule has 1 N–H and O–H groups in total. The van der Waals surface area contributed by atoms with Crippen LogP contribution in [0.5, 0.6) is 0 Å². The van der Waals surface area contributed by atoms with Crippen molar-refractivity contribution in [2.75, 3.05) is 6.54 Å². The third-order valence-corrected chi connectivity index (χ3v) is 4.26. The highest BCUT2D eigenvalue weighted by Gasteiger charge is 2.29. The zero-order chi connectivity index (χ0) is 20.1. The van der Waals surface area contributed by atoms with E-state index in [9.17, 15) is 18.0 Å². The van der Waals surface area contributed by atoms with Gasteiger partial charge in [-0.25, -0.2) is 4.98 Å². The molecule has 0 unspecified atom stereocenters. The number of aryl methyl sites for hydroxylation is 1. The highest BCUT2D eigenvalue weighted by molar-refractivity contribution is 5.78. The molecule has 7 heteroatoms. The number of hydrogen-bond acceptors (Lipinski definition) is 3. The molecule has 0 aliphatic carbocycles. The Labute approximate surface area is 160 Å². The maximum absolute atomic E-state index is 12.6. The molecule has 0 radical (unpaired) electrons. The van der Waals surface area contributed by atoms with Crippen LogP contribution in [-0.4, -0.2) is 17.4 Å². The van der Waals surface area contributed by atoms with E-state index >= 15 is 0 Å². The quantitative estimate of drug-likeness (QED) is 0.673. The summed E-state index contributed by atoms with van der Waals surface area (Å²) in [5.41, 5.74) is 1.43. The molecule has 0 aliphatic rings. The number of amides is 1. The highest BCUT2D eigenvalue weighted by Crippen LogP contribution is 2.29. The number of nitrogens with zero attached hydrogens (tertiary/aromatic N) is 1. The van der Waals surface area contributed by atoms with Gasteiger partial charge in [0.15, 0.2) is 0 Å². The Morgan fingerprint density at radius 2 is 1.75 bits per heavy atom. The van der Waals surface area contributed by atoms with E-state index < -0.39 is 11.7 Å². The number of benzene rings is 2. The largest absolute Gasteiger partial charge is 0.441 e. The molecule has 0 fully saturated rings. The van der Waals surface area contributed by atoms with Crippen molar-refractivity contribution in [3.63, 3.8) is 0 Å². The van der Waals surface area contributed by atoms with Gasteiger partial charge in [-0.2, -0.15) is 13.2 Å². The Morgan fingerprint density at radius 3 is 2.39 bits per heavy atom. The standard InChI is InChI=1S/C21H19F3N2O2/c1-14-18(26-20(28-14)16-5-3-2-4-6-16)13-19(27)25-12-11-15-7-9-17(10-8-15)21(22,23)24/h2-10H,11-13H2,1H3,(H,25,27). The van der Waals surface area contributed by atoms with Crippen LogP contribution < -0.4 is 5.32 Å². The van der Waals surface area contributed by atoms with Crippen LogP contribution in [0.25, 0.3) is 11.5 Å². The first-order valence-corrected chi connectivity index (χ1v) is 8.77. The predicted octanol–water partition coefficient (Wildman–Crippen LogP) is 4.57. The van der Waals surface area contributed by atoms with Crippen molar-refractivity contribution in [2.45, 2.75) is 25.9 Å². The van der Waals surface area contributed by atoms with E-state index in [-0.39, 0.29) is 12.3 Å². The van der Waals surface area contributed by atoms with Crippen molar-refractivity contribution >= 4 is 5.91 Å². The van der Waals surface area contributed by atoms with Crippen molar-refractivity contribution in [3.8, 4) is 11.5 Å². The van der Waals surface area contributed by atoms with Crippen LogP contribution in [0.15, 0.2) is 59.0 Å². The molecule has 0 saturated heterocycles. The average Bonchev–Trinajstić information content (AvgIpc) is 3.02. The number of carbonyl (C=O) groups excluding carboxylic acids is 1. The molecule has 28 heavy (non-hydrogen) atoms. The number of carbonyl (C=O) groups is 1. The molecule has 3 rings (SSSR count). The predicted molar refractivity (Wildman–Crippen MR) is 98.5 cm³/mol. The zero-order valence-electron chi connectivity index (χ0n) is 15.2. The summed E-state index contributed by atoms with van der Waals surface area (Å²) in [6, 6.07) is 14.3. The normalized spacial score (nSPS) is 11.4. The molecular weight excluding hydrogens is 369 g/mol. The highest BCUT2D eigenvalue weighted by atomic mass is 19.4. The Bertz CT molecular complexity index is 933. The number of halogens is 3.